The van der Waals surface area contributed by atoms with Gasteiger partial charge in [-0.25, -0.2) is 4.98 Å². The summed E-state index contributed by atoms with van der Waals surface area (Å²) in [7, 11) is 0. The Hall–Kier alpha value is -2.65. The summed E-state index contributed by atoms with van der Waals surface area (Å²) in [6.07, 6.45) is 0. The smallest absolute Gasteiger partial charge is 0.271 e. The topological polar surface area (TPSA) is 86.0 Å². The monoisotopic (exact) mass is 341 g/mol. The summed E-state index contributed by atoms with van der Waals surface area (Å²) < 4.78 is 0. The van der Waals surface area contributed by atoms with Crippen LogP contribution in [0.15, 0.2) is 41.0 Å². The number of nitrogens with zero attached hydrogens (tertiary/aromatic N) is 2. The second kappa shape index (κ2) is 6.85. The Morgan fingerprint density at radius 1 is 1.29 bits per heavy atom. The van der Waals surface area contributed by atoms with Crippen molar-refractivity contribution in [3.8, 4) is 17.3 Å². The van der Waals surface area contributed by atoms with E-state index in [2.05, 4.69) is 43.2 Å². The van der Waals surface area contributed by atoms with E-state index in [1.54, 1.807) is 6.07 Å². The molecular weight excluding hydrogens is 322 g/mol. The van der Waals surface area contributed by atoms with E-state index in [0.717, 1.165) is 11.3 Å². The van der Waals surface area contributed by atoms with Gasteiger partial charge in [-0.05, 0) is 17.9 Å². The predicted molar refractivity (Wildman–Crippen MR) is 95.8 cm³/mol. The molecule has 2 rings (SSSR count). The molecule has 2 aromatic rings. The molecular formula is C18H19N3O2S. The Bertz CT molecular complexity index is 817. The highest BCUT2D eigenvalue weighted by molar-refractivity contribution is 7.14. The van der Waals surface area contributed by atoms with Gasteiger partial charge >= 0.3 is 0 Å². The maximum Gasteiger partial charge on any atom is 0.271 e. The number of hydrogen-bond acceptors (Lipinski definition) is 5. The van der Waals surface area contributed by atoms with Crippen LogP contribution in [0.1, 0.15) is 33.3 Å². The van der Waals surface area contributed by atoms with E-state index in [1.807, 2.05) is 17.5 Å². The molecule has 0 saturated carbocycles. The zero-order valence-electron chi connectivity index (χ0n) is 14.0. The van der Waals surface area contributed by atoms with E-state index in [-0.39, 0.29) is 16.7 Å². The summed E-state index contributed by atoms with van der Waals surface area (Å²) in [5.41, 5.74) is 2.70. The lowest BCUT2D eigenvalue weighted by Crippen LogP contribution is -2.14. The van der Waals surface area contributed by atoms with Gasteiger partial charge in [-0.1, -0.05) is 45.0 Å². The zero-order valence-corrected chi connectivity index (χ0v) is 14.9. The van der Waals surface area contributed by atoms with Crippen molar-refractivity contribution in [2.75, 3.05) is 5.32 Å². The molecule has 0 fully saturated rings. The van der Waals surface area contributed by atoms with E-state index in [4.69, 9.17) is 5.26 Å². The largest absolute Gasteiger partial charge is 0.511 e. The van der Waals surface area contributed by atoms with Gasteiger partial charge in [-0.15, -0.1) is 11.3 Å². The first-order valence-corrected chi connectivity index (χ1v) is 8.28. The van der Waals surface area contributed by atoms with Crippen molar-refractivity contribution < 1.29 is 9.90 Å². The Kier molecular flexibility index (Phi) is 5.05. The molecule has 1 aromatic heterocycles. The average molecular weight is 341 g/mol. The molecule has 2 N–H and O–H groups in total. The number of aromatic nitrogens is 1. The van der Waals surface area contributed by atoms with Crippen LogP contribution in [0, 0.1) is 11.3 Å². The molecule has 1 aromatic carbocycles. The Balaban J connectivity index is 2.18. The van der Waals surface area contributed by atoms with Crippen LogP contribution in [0.5, 0.6) is 0 Å². The molecule has 0 radical (unpaired) electrons. The number of benzene rings is 1. The van der Waals surface area contributed by atoms with Gasteiger partial charge in [-0.2, -0.15) is 5.26 Å². The van der Waals surface area contributed by atoms with Crippen molar-refractivity contribution in [3.63, 3.8) is 0 Å². The number of hydrogen-bond donors (Lipinski definition) is 2. The first-order valence-electron chi connectivity index (χ1n) is 7.40. The minimum atomic E-state index is -0.665. The van der Waals surface area contributed by atoms with Crippen LogP contribution < -0.4 is 5.32 Å². The fourth-order valence-electron chi connectivity index (χ4n) is 2.06. The maximum absolute atomic E-state index is 11.9. The minimum Gasteiger partial charge on any atom is -0.511 e. The van der Waals surface area contributed by atoms with Gasteiger partial charge in [0, 0.05) is 10.9 Å². The minimum absolute atomic E-state index is 0.0852. The molecule has 0 aliphatic carbocycles. The fourth-order valence-corrected chi connectivity index (χ4v) is 2.78. The fraction of sp³-hybridized carbons (Fsp3) is 0.278. The molecule has 1 heterocycles. The van der Waals surface area contributed by atoms with Crippen molar-refractivity contribution >= 4 is 22.4 Å². The van der Waals surface area contributed by atoms with Crippen molar-refractivity contribution in [2.45, 2.75) is 33.1 Å². The van der Waals surface area contributed by atoms with Crippen molar-refractivity contribution in [3.05, 3.63) is 46.5 Å². The molecule has 0 bridgehead atoms. The quantitative estimate of drug-likeness (QED) is 0.492. The number of amides is 1. The summed E-state index contributed by atoms with van der Waals surface area (Å²) >= 11 is 1.27. The molecule has 5 nitrogen and oxygen atoms in total. The molecule has 0 saturated heterocycles. The first-order chi connectivity index (χ1) is 11.2. The van der Waals surface area contributed by atoms with Gasteiger partial charge in [0.05, 0.1) is 5.69 Å². The van der Waals surface area contributed by atoms with E-state index in [1.165, 1.54) is 23.8 Å². The highest BCUT2D eigenvalue weighted by Crippen LogP contribution is 2.28. The Labute approximate surface area is 145 Å². The van der Waals surface area contributed by atoms with Crippen LogP contribution in [0.3, 0.4) is 0 Å². The van der Waals surface area contributed by atoms with Gasteiger partial charge in [0.15, 0.2) is 10.7 Å². The zero-order chi connectivity index (χ0) is 17.9. The molecule has 0 unspecified atom stereocenters. The number of rotatable bonds is 3. The SMILES string of the molecule is CC(O)=C(C#N)C(=O)Nc1nc(-c2ccc(C(C)(C)C)cc2)cs1. The molecule has 6 heteroatoms. The molecule has 0 atom stereocenters. The normalized spacial score (nSPS) is 12.3. The molecule has 0 aliphatic heterocycles. The average Bonchev–Trinajstić information content (AvgIpc) is 2.95. The molecule has 124 valence electrons. The molecule has 0 spiro atoms. The second-order valence-corrected chi connectivity index (χ2v) is 7.25. The van der Waals surface area contributed by atoms with E-state index in [9.17, 15) is 9.90 Å². The number of aliphatic hydroxyl groups is 1. The number of carbonyl (C=O) groups is 1. The lowest BCUT2D eigenvalue weighted by molar-refractivity contribution is -0.112. The third-order valence-corrected chi connectivity index (χ3v) is 4.23. The Morgan fingerprint density at radius 3 is 2.42 bits per heavy atom. The summed E-state index contributed by atoms with van der Waals surface area (Å²) in [6, 6.07) is 9.81. The van der Waals surface area contributed by atoms with Gasteiger partial charge in [0.25, 0.3) is 5.91 Å². The van der Waals surface area contributed by atoms with E-state index in [0.29, 0.717) is 5.13 Å². The summed E-state index contributed by atoms with van der Waals surface area (Å²) in [5.74, 6) is -0.981. The Morgan fingerprint density at radius 2 is 1.92 bits per heavy atom. The third kappa shape index (κ3) is 4.00. The highest BCUT2D eigenvalue weighted by atomic mass is 32.1. The number of anilines is 1. The van der Waals surface area contributed by atoms with Crippen molar-refractivity contribution in [1.29, 1.82) is 5.26 Å². The van der Waals surface area contributed by atoms with Crippen LogP contribution in [-0.4, -0.2) is 16.0 Å². The number of aliphatic hydroxyl groups excluding tert-OH is 1. The molecule has 24 heavy (non-hydrogen) atoms. The van der Waals surface area contributed by atoms with Gasteiger partial charge in [-0.3, -0.25) is 10.1 Å². The number of nitriles is 1. The lowest BCUT2D eigenvalue weighted by Gasteiger charge is -2.18. The maximum atomic E-state index is 11.9. The first kappa shape index (κ1) is 17.7. The van der Waals surface area contributed by atoms with E-state index >= 15 is 0 Å². The molecule has 1 amide bonds. The second-order valence-electron chi connectivity index (χ2n) is 6.39. The third-order valence-electron chi connectivity index (χ3n) is 3.47. The number of allylic oxidation sites excluding steroid dienone is 1. The lowest BCUT2D eigenvalue weighted by atomic mass is 9.86. The molecule has 0 aliphatic rings. The summed E-state index contributed by atoms with van der Waals surface area (Å²) in [6.45, 7) is 7.76. The van der Waals surface area contributed by atoms with Gasteiger partial charge in [0.2, 0.25) is 0 Å². The van der Waals surface area contributed by atoms with Crippen LogP contribution in [0.2, 0.25) is 0 Å². The predicted octanol–water partition coefficient (Wildman–Crippen LogP) is 4.40. The van der Waals surface area contributed by atoms with Crippen LogP contribution >= 0.6 is 11.3 Å². The summed E-state index contributed by atoms with van der Waals surface area (Å²) in [5, 5.41) is 22.9. The standard InChI is InChI=1S/C18H19N3O2S/c1-11(22)14(9-19)16(23)21-17-20-15(10-24-17)12-5-7-13(8-6-12)18(2,3)4/h5-8,10,22H,1-4H3,(H,20,21,23). The van der Waals surface area contributed by atoms with Crippen LogP contribution in [0.4, 0.5) is 5.13 Å². The van der Waals surface area contributed by atoms with Gasteiger partial charge in [0.1, 0.15) is 11.8 Å². The summed E-state index contributed by atoms with van der Waals surface area (Å²) in [4.78, 5) is 16.3. The number of thiazole rings is 1. The van der Waals surface area contributed by atoms with Crippen LogP contribution in [-0.2, 0) is 10.2 Å². The van der Waals surface area contributed by atoms with Crippen molar-refractivity contribution in [1.82, 2.24) is 4.98 Å². The van der Waals surface area contributed by atoms with Gasteiger partial charge < -0.3 is 5.11 Å². The van der Waals surface area contributed by atoms with Crippen molar-refractivity contribution in [2.24, 2.45) is 0 Å². The van der Waals surface area contributed by atoms with E-state index < -0.39 is 5.91 Å². The number of nitrogens with one attached hydrogen (secondary N) is 1. The highest BCUT2D eigenvalue weighted by Gasteiger charge is 2.16. The van der Waals surface area contributed by atoms with Crippen LogP contribution in [0.25, 0.3) is 11.3 Å². The number of carbonyl (C=O) groups excluding carboxylic acids is 1.